The maximum absolute atomic E-state index is 13.6. The number of benzene rings is 1. The highest BCUT2D eigenvalue weighted by Crippen LogP contribution is 2.31. The summed E-state index contributed by atoms with van der Waals surface area (Å²) in [5.41, 5.74) is 0.0266. The van der Waals surface area contributed by atoms with Crippen molar-refractivity contribution in [3.05, 3.63) is 52.1 Å². The van der Waals surface area contributed by atoms with Gasteiger partial charge >= 0.3 is 5.69 Å². The molecule has 0 fully saturated rings. The molecule has 1 aromatic heterocycles. The van der Waals surface area contributed by atoms with Gasteiger partial charge in [0.05, 0.1) is 11.5 Å². The quantitative estimate of drug-likeness (QED) is 0.625. The lowest BCUT2D eigenvalue weighted by atomic mass is 10.2. The van der Waals surface area contributed by atoms with E-state index in [-0.39, 0.29) is 23.9 Å². The summed E-state index contributed by atoms with van der Waals surface area (Å²) in [5, 5.41) is 14.0. The van der Waals surface area contributed by atoms with Crippen molar-refractivity contribution in [2.45, 2.75) is 19.9 Å². The minimum absolute atomic E-state index is 0.00523. The zero-order valence-corrected chi connectivity index (χ0v) is 12.0. The Morgan fingerprint density at radius 3 is 2.82 bits per heavy atom. The van der Waals surface area contributed by atoms with Crippen LogP contribution in [0.15, 0.2) is 30.6 Å². The van der Waals surface area contributed by atoms with E-state index in [0.29, 0.717) is 18.6 Å². The van der Waals surface area contributed by atoms with Gasteiger partial charge in [-0.05, 0) is 12.5 Å². The average Bonchev–Trinajstić information content (AvgIpc) is 2.51. The molecule has 0 unspecified atom stereocenters. The van der Waals surface area contributed by atoms with Crippen LogP contribution in [0.5, 0.6) is 5.88 Å². The van der Waals surface area contributed by atoms with Crippen molar-refractivity contribution in [3.63, 3.8) is 0 Å². The third-order valence-electron chi connectivity index (χ3n) is 2.82. The Morgan fingerprint density at radius 2 is 2.14 bits per heavy atom. The lowest BCUT2D eigenvalue weighted by Gasteiger charge is -2.09. The molecule has 1 aromatic carbocycles. The van der Waals surface area contributed by atoms with Gasteiger partial charge in [0.25, 0.3) is 5.88 Å². The van der Waals surface area contributed by atoms with E-state index in [0.717, 1.165) is 0 Å². The van der Waals surface area contributed by atoms with Gasteiger partial charge in [0, 0.05) is 12.1 Å². The van der Waals surface area contributed by atoms with E-state index in [9.17, 15) is 14.5 Å². The van der Waals surface area contributed by atoms with Gasteiger partial charge in [0.15, 0.2) is 0 Å². The molecule has 116 valence electrons. The Kier molecular flexibility index (Phi) is 5.18. The Bertz CT molecular complexity index is 666. The van der Waals surface area contributed by atoms with E-state index in [4.69, 9.17) is 4.74 Å². The molecular formula is C14H15FN4O3. The third kappa shape index (κ3) is 3.66. The van der Waals surface area contributed by atoms with Crippen LogP contribution >= 0.6 is 0 Å². The van der Waals surface area contributed by atoms with Crippen molar-refractivity contribution < 1.29 is 14.1 Å². The lowest BCUT2D eigenvalue weighted by Crippen LogP contribution is -2.09. The Balaban J connectivity index is 2.23. The first kappa shape index (κ1) is 15.6. The van der Waals surface area contributed by atoms with E-state index >= 15 is 0 Å². The molecule has 0 aliphatic heterocycles. The first-order valence-corrected chi connectivity index (χ1v) is 6.73. The van der Waals surface area contributed by atoms with Crippen molar-refractivity contribution in [1.29, 1.82) is 0 Å². The van der Waals surface area contributed by atoms with Crippen LogP contribution in [0, 0.1) is 15.9 Å². The molecule has 0 spiro atoms. The van der Waals surface area contributed by atoms with Crippen LogP contribution < -0.4 is 10.1 Å². The molecule has 0 aliphatic rings. The summed E-state index contributed by atoms with van der Waals surface area (Å²) < 4.78 is 18.8. The topological polar surface area (TPSA) is 90.2 Å². The van der Waals surface area contributed by atoms with Crippen LogP contribution in [0.1, 0.15) is 18.9 Å². The number of hydrogen-bond donors (Lipinski definition) is 1. The van der Waals surface area contributed by atoms with Gasteiger partial charge in [0.2, 0.25) is 5.82 Å². The molecule has 1 N–H and O–H groups in total. The summed E-state index contributed by atoms with van der Waals surface area (Å²) in [6.07, 6.45) is 1.86. The van der Waals surface area contributed by atoms with Gasteiger partial charge in [0.1, 0.15) is 12.1 Å². The van der Waals surface area contributed by atoms with E-state index in [2.05, 4.69) is 15.3 Å². The van der Waals surface area contributed by atoms with Crippen molar-refractivity contribution in [2.75, 3.05) is 11.9 Å². The number of ether oxygens (including phenoxy) is 1. The smallest absolute Gasteiger partial charge is 0.372 e. The molecule has 22 heavy (non-hydrogen) atoms. The number of nitrogens with zero attached hydrogens (tertiary/aromatic N) is 3. The summed E-state index contributed by atoms with van der Waals surface area (Å²) in [6, 6.07) is 6.16. The molecule has 0 atom stereocenters. The molecule has 0 aliphatic carbocycles. The van der Waals surface area contributed by atoms with Crippen LogP contribution in [0.4, 0.5) is 15.9 Å². The van der Waals surface area contributed by atoms with Crippen molar-refractivity contribution in [2.24, 2.45) is 0 Å². The maximum atomic E-state index is 13.6. The monoisotopic (exact) mass is 306 g/mol. The van der Waals surface area contributed by atoms with Crippen LogP contribution in [-0.2, 0) is 6.54 Å². The maximum Gasteiger partial charge on any atom is 0.372 e. The minimum Gasteiger partial charge on any atom is -0.473 e. The first-order valence-electron chi connectivity index (χ1n) is 6.73. The van der Waals surface area contributed by atoms with Crippen LogP contribution in [0.25, 0.3) is 0 Å². The molecular weight excluding hydrogens is 291 g/mol. The molecule has 2 rings (SSSR count). The number of aromatic nitrogens is 2. The van der Waals surface area contributed by atoms with Crippen LogP contribution in [-0.4, -0.2) is 21.5 Å². The van der Waals surface area contributed by atoms with Gasteiger partial charge in [-0.3, -0.25) is 10.1 Å². The number of anilines is 1. The summed E-state index contributed by atoms with van der Waals surface area (Å²) in [6.45, 7) is 2.26. The number of rotatable bonds is 7. The normalized spacial score (nSPS) is 10.3. The third-order valence-corrected chi connectivity index (χ3v) is 2.82. The second-order valence-electron chi connectivity index (χ2n) is 4.43. The number of nitro groups is 1. The van der Waals surface area contributed by atoms with Gasteiger partial charge in [-0.15, -0.1) is 0 Å². The molecule has 0 saturated heterocycles. The standard InChI is InChI=1S/C14H15FN4O3/c1-2-7-22-14-12(19(20)21)13(17-9-18-14)16-8-10-5-3-4-6-11(10)15/h3-6,9H,2,7-8H2,1H3,(H,16,17,18). The molecule has 8 heteroatoms. The second kappa shape index (κ2) is 7.30. The summed E-state index contributed by atoms with van der Waals surface area (Å²) in [5.74, 6) is -0.499. The highest BCUT2D eigenvalue weighted by atomic mass is 19.1. The average molecular weight is 306 g/mol. The summed E-state index contributed by atoms with van der Waals surface area (Å²) in [4.78, 5) is 18.2. The fourth-order valence-corrected chi connectivity index (χ4v) is 1.78. The fourth-order valence-electron chi connectivity index (χ4n) is 1.78. The summed E-state index contributed by atoms with van der Waals surface area (Å²) >= 11 is 0. The zero-order chi connectivity index (χ0) is 15.9. The van der Waals surface area contributed by atoms with Gasteiger partial charge in [-0.2, -0.15) is 4.98 Å². The minimum atomic E-state index is -0.616. The fraction of sp³-hybridized carbons (Fsp3) is 0.286. The van der Waals surface area contributed by atoms with Gasteiger partial charge < -0.3 is 10.1 Å². The Labute approximate surface area is 126 Å². The van der Waals surface area contributed by atoms with Crippen LogP contribution in [0.2, 0.25) is 0 Å². The van der Waals surface area contributed by atoms with E-state index < -0.39 is 10.7 Å². The number of halogens is 1. The Hall–Kier alpha value is -2.77. The highest BCUT2D eigenvalue weighted by molar-refractivity contribution is 5.61. The SMILES string of the molecule is CCCOc1ncnc(NCc2ccccc2F)c1[N+](=O)[O-]. The first-order chi connectivity index (χ1) is 10.6. The predicted octanol–water partition coefficient (Wildman–Crippen LogP) is 2.92. The van der Waals surface area contributed by atoms with Crippen molar-refractivity contribution in [1.82, 2.24) is 9.97 Å². The largest absolute Gasteiger partial charge is 0.473 e. The summed E-state index contributed by atoms with van der Waals surface area (Å²) in [7, 11) is 0. The molecule has 0 radical (unpaired) electrons. The highest BCUT2D eigenvalue weighted by Gasteiger charge is 2.24. The molecule has 0 saturated carbocycles. The van der Waals surface area contributed by atoms with Crippen LogP contribution in [0.3, 0.4) is 0 Å². The Morgan fingerprint density at radius 1 is 1.36 bits per heavy atom. The molecule has 1 heterocycles. The predicted molar refractivity (Wildman–Crippen MR) is 78.2 cm³/mol. The van der Waals surface area contributed by atoms with E-state index in [1.165, 1.54) is 12.4 Å². The number of hydrogen-bond acceptors (Lipinski definition) is 6. The van der Waals surface area contributed by atoms with Gasteiger partial charge in [-0.25, -0.2) is 9.37 Å². The molecule has 2 aromatic rings. The van der Waals surface area contributed by atoms with Crippen molar-refractivity contribution >= 4 is 11.5 Å². The lowest BCUT2D eigenvalue weighted by molar-refractivity contribution is -0.385. The molecule has 0 bridgehead atoms. The number of nitrogens with one attached hydrogen (secondary N) is 1. The van der Waals surface area contributed by atoms with Crippen molar-refractivity contribution in [3.8, 4) is 5.88 Å². The van der Waals surface area contributed by atoms with Gasteiger partial charge in [-0.1, -0.05) is 25.1 Å². The molecule has 0 amide bonds. The molecule has 7 nitrogen and oxygen atoms in total. The zero-order valence-electron chi connectivity index (χ0n) is 12.0. The second-order valence-corrected chi connectivity index (χ2v) is 4.43. The van der Waals surface area contributed by atoms with E-state index in [1.807, 2.05) is 6.92 Å². The van der Waals surface area contributed by atoms with E-state index in [1.54, 1.807) is 18.2 Å².